The van der Waals surface area contributed by atoms with Crippen LogP contribution in [0.2, 0.25) is 0 Å². The highest BCUT2D eigenvalue weighted by molar-refractivity contribution is 5.91. The first kappa shape index (κ1) is 14.1. The second kappa shape index (κ2) is 6.26. The smallest absolute Gasteiger partial charge is 0.283 e. The molecule has 112 valence electrons. The van der Waals surface area contributed by atoms with Crippen LogP contribution in [0, 0.1) is 0 Å². The van der Waals surface area contributed by atoms with E-state index in [0.29, 0.717) is 29.6 Å². The Bertz CT molecular complexity index is 763. The highest BCUT2D eigenvalue weighted by Gasteiger charge is 2.13. The van der Waals surface area contributed by atoms with E-state index in [4.69, 9.17) is 8.83 Å². The van der Waals surface area contributed by atoms with E-state index < -0.39 is 0 Å². The van der Waals surface area contributed by atoms with Gasteiger partial charge in [0.05, 0.1) is 6.26 Å². The van der Waals surface area contributed by atoms with Crippen LogP contribution in [0.4, 0.5) is 5.69 Å². The van der Waals surface area contributed by atoms with Gasteiger partial charge in [0.1, 0.15) is 0 Å². The standard InChI is InChI=1S/C16H15N3O3/c1-2-5-14(20)17-12-7-3-6-11(10-12)15-18-19-16(22-15)13-8-4-9-21-13/h3-4,6-10H,2,5H2,1H3,(H,17,20). The van der Waals surface area contributed by atoms with E-state index in [-0.39, 0.29) is 5.91 Å². The van der Waals surface area contributed by atoms with Crippen molar-refractivity contribution in [2.45, 2.75) is 19.8 Å². The third-order valence-electron chi connectivity index (χ3n) is 3.03. The quantitative estimate of drug-likeness (QED) is 0.776. The minimum atomic E-state index is -0.0125. The number of nitrogens with one attached hydrogen (secondary N) is 1. The third-order valence-corrected chi connectivity index (χ3v) is 3.03. The summed E-state index contributed by atoms with van der Waals surface area (Å²) in [7, 11) is 0. The summed E-state index contributed by atoms with van der Waals surface area (Å²) in [6.07, 6.45) is 2.85. The van der Waals surface area contributed by atoms with Crippen LogP contribution in [0.15, 0.2) is 51.5 Å². The molecule has 3 aromatic rings. The van der Waals surface area contributed by atoms with E-state index >= 15 is 0 Å². The summed E-state index contributed by atoms with van der Waals surface area (Å²) in [6, 6.07) is 10.8. The predicted octanol–water partition coefficient (Wildman–Crippen LogP) is 3.74. The molecule has 1 amide bonds. The molecule has 2 heterocycles. The maximum atomic E-state index is 11.6. The van der Waals surface area contributed by atoms with Crippen molar-refractivity contribution in [1.82, 2.24) is 10.2 Å². The van der Waals surface area contributed by atoms with Gasteiger partial charge >= 0.3 is 0 Å². The molecule has 2 aromatic heterocycles. The molecule has 0 atom stereocenters. The van der Waals surface area contributed by atoms with E-state index in [9.17, 15) is 4.79 Å². The van der Waals surface area contributed by atoms with Crippen molar-refractivity contribution in [2.75, 3.05) is 5.32 Å². The van der Waals surface area contributed by atoms with Gasteiger partial charge in [0.25, 0.3) is 5.89 Å². The molecule has 0 bridgehead atoms. The number of carbonyl (C=O) groups excluding carboxylic acids is 1. The molecule has 0 saturated carbocycles. The summed E-state index contributed by atoms with van der Waals surface area (Å²) in [4.78, 5) is 11.6. The van der Waals surface area contributed by atoms with E-state index in [1.54, 1.807) is 24.5 Å². The number of anilines is 1. The zero-order valence-electron chi connectivity index (χ0n) is 12.1. The molecule has 0 saturated heterocycles. The Morgan fingerprint density at radius 3 is 2.82 bits per heavy atom. The van der Waals surface area contributed by atoms with Gasteiger partial charge in [0, 0.05) is 17.7 Å². The number of aromatic nitrogens is 2. The van der Waals surface area contributed by atoms with Crippen LogP contribution in [0.5, 0.6) is 0 Å². The number of nitrogens with zero attached hydrogens (tertiary/aromatic N) is 2. The minimum Gasteiger partial charge on any atom is -0.459 e. The highest BCUT2D eigenvalue weighted by atomic mass is 16.4. The Kier molecular flexibility index (Phi) is 4.00. The third kappa shape index (κ3) is 3.06. The Morgan fingerprint density at radius 1 is 1.18 bits per heavy atom. The van der Waals surface area contributed by atoms with Crippen LogP contribution < -0.4 is 5.32 Å². The lowest BCUT2D eigenvalue weighted by Crippen LogP contribution is -2.10. The molecule has 0 aliphatic heterocycles. The molecule has 0 aliphatic rings. The van der Waals surface area contributed by atoms with Gasteiger partial charge in [-0.3, -0.25) is 4.79 Å². The second-order valence-corrected chi connectivity index (χ2v) is 4.77. The monoisotopic (exact) mass is 297 g/mol. The number of hydrogen-bond acceptors (Lipinski definition) is 5. The Morgan fingerprint density at radius 2 is 2.05 bits per heavy atom. The van der Waals surface area contributed by atoms with Gasteiger partial charge in [-0.2, -0.15) is 0 Å². The molecule has 0 fully saturated rings. The zero-order valence-corrected chi connectivity index (χ0v) is 12.1. The van der Waals surface area contributed by atoms with Crippen molar-refractivity contribution in [3.63, 3.8) is 0 Å². The molecule has 1 N–H and O–H groups in total. The molecule has 0 unspecified atom stereocenters. The molecule has 3 rings (SSSR count). The van der Waals surface area contributed by atoms with Crippen LogP contribution in [0.3, 0.4) is 0 Å². The highest BCUT2D eigenvalue weighted by Crippen LogP contribution is 2.25. The van der Waals surface area contributed by atoms with Crippen LogP contribution >= 0.6 is 0 Å². The first-order valence-corrected chi connectivity index (χ1v) is 7.04. The lowest BCUT2D eigenvalue weighted by molar-refractivity contribution is -0.116. The number of amides is 1. The molecule has 0 spiro atoms. The average molecular weight is 297 g/mol. The van der Waals surface area contributed by atoms with Gasteiger partial charge in [-0.15, -0.1) is 10.2 Å². The topological polar surface area (TPSA) is 81.2 Å². The van der Waals surface area contributed by atoms with Gasteiger partial charge in [0.2, 0.25) is 11.8 Å². The van der Waals surface area contributed by atoms with Crippen molar-refractivity contribution in [1.29, 1.82) is 0 Å². The average Bonchev–Trinajstić information content (AvgIpc) is 3.19. The fourth-order valence-electron chi connectivity index (χ4n) is 2.02. The van der Waals surface area contributed by atoms with Crippen molar-refractivity contribution < 1.29 is 13.6 Å². The molecule has 1 aromatic carbocycles. The summed E-state index contributed by atoms with van der Waals surface area (Å²) in [6.45, 7) is 1.96. The summed E-state index contributed by atoms with van der Waals surface area (Å²) >= 11 is 0. The zero-order chi connectivity index (χ0) is 15.4. The minimum absolute atomic E-state index is 0.0125. The number of rotatable bonds is 5. The fourth-order valence-corrected chi connectivity index (χ4v) is 2.02. The van der Waals surface area contributed by atoms with E-state index in [1.807, 2.05) is 25.1 Å². The predicted molar refractivity (Wildman–Crippen MR) is 81.0 cm³/mol. The number of carbonyl (C=O) groups is 1. The first-order chi connectivity index (χ1) is 10.8. The molecular formula is C16H15N3O3. The lowest BCUT2D eigenvalue weighted by atomic mass is 10.2. The van der Waals surface area contributed by atoms with Gasteiger partial charge in [-0.25, -0.2) is 0 Å². The van der Waals surface area contributed by atoms with E-state index in [0.717, 1.165) is 12.0 Å². The fraction of sp³-hybridized carbons (Fsp3) is 0.188. The van der Waals surface area contributed by atoms with Crippen molar-refractivity contribution in [3.05, 3.63) is 42.7 Å². The molecule has 22 heavy (non-hydrogen) atoms. The second-order valence-electron chi connectivity index (χ2n) is 4.77. The van der Waals surface area contributed by atoms with Crippen LogP contribution in [0.25, 0.3) is 23.1 Å². The Balaban J connectivity index is 1.82. The molecular weight excluding hydrogens is 282 g/mol. The van der Waals surface area contributed by atoms with Crippen LogP contribution in [-0.2, 0) is 4.79 Å². The van der Waals surface area contributed by atoms with E-state index in [1.165, 1.54) is 0 Å². The largest absolute Gasteiger partial charge is 0.459 e. The molecule has 6 heteroatoms. The number of furan rings is 1. The van der Waals surface area contributed by atoms with Gasteiger partial charge in [-0.1, -0.05) is 13.0 Å². The molecule has 0 radical (unpaired) electrons. The summed E-state index contributed by atoms with van der Waals surface area (Å²) < 4.78 is 10.8. The maximum absolute atomic E-state index is 11.6. The van der Waals surface area contributed by atoms with Gasteiger partial charge < -0.3 is 14.2 Å². The van der Waals surface area contributed by atoms with Gasteiger partial charge in [-0.05, 0) is 36.8 Å². The normalized spacial score (nSPS) is 10.6. The SMILES string of the molecule is CCCC(=O)Nc1cccc(-c2nnc(-c3ccco3)o2)c1. The molecule has 6 nitrogen and oxygen atoms in total. The maximum Gasteiger partial charge on any atom is 0.283 e. The number of benzene rings is 1. The summed E-state index contributed by atoms with van der Waals surface area (Å²) in [5, 5.41) is 10.8. The van der Waals surface area contributed by atoms with Crippen LogP contribution in [-0.4, -0.2) is 16.1 Å². The summed E-state index contributed by atoms with van der Waals surface area (Å²) in [5.74, 6) is 1.20. The van der Waals surface area contributed by atoms with Crippen LogP contribution in [0.1, 0.15) is 19.8 Å². The summed E-state index contributed by atoms with van der Waals surface area (Å²) in [5.41, 5.74) is 1.44. The first-order valence-electron chi connectivity index (χ1n) is 7.04. The molecule has 0 aliphatic carbocycles. The van der Waals surface area contributed by atoms with Gasteiger partial charge in [0.15, 0.2) is 5.76 Å². The van der Waals surface area contributed by atoms with E-state index in [2.05, 4.69) is 15.5 Å². The lowest BCUT2D eigenvalue weighted by Gasteiger charge is -2.05. The number of hydrogen-bond donors (Lipinski definition) is 1. The Hall–Kier alpha value is -2.89. The Labute approximate surface area is 127 Å². The van der Waals surface area contributed by atoms with Crippen molar-refractivity contribution in [2.24, 2.45) is 0 Å². The van der Waals surface area contributed by atoms with Crippen molar-refractivity contribution in [3.8, 4) is 23.1 Å². The van der Waals surface area contributed by atoms with Crippen molar-refractivity contribution >= 4 is 11.6 Å².